The third-order valence-electron chi connectivity index (χ3n) is 3.52. The number of carbonyl (C=O) groups excluding carboxylic acids is 1. The van der Waals surface area contributed by atoms with Gasteiger partial charge in [-0.2, -0.15) is 0 Å². The van der Waals surface area contributed by atoms with Gasteiger partial charge in [0.25, 0.3) is 0 Å². The van der Waals surface area contributed by atoms with Gasteiger partial charge in [-0.05, 0) is 33.1 Å². The molecule has 0 atom stereocenters. The van der Waals surface area contributed by atoms with E-state index in [1.807, 2.05) is 19.9 Å². The summed E-state index contributed by atoms with van der Waals surface area (Å²) in [6.45, 7) is 6.64. The van der Waals surface area contributed by atoms with E-state index in [9.17, 15) is 9.59 Å². The van der Waals surface area contributed by atoms with Crippen molar-refractivity contribution >= 4 is 11.9 Å². The number of piperidine rings is 1. The van der Waals surface area contributed by atoms with Crippen molar-refractivity contribution < 1.29 is 14.7 Å². The normalized spacial score (nSPS) is 20.2. The molecule has 0 saturated carbocycles. The summed E-state index contributed by atoms with van der Waals surface area (Å²) in [5.41, 5.74) is 0.0884. The topological polar surface area (TPSA) is 57.6 Å². The molecular weight excluding hydrogens is 218 g/mol. The Labute approximate surface area is 102 Å². The Morgan fingerprint density at radius 3 is 2.29 bits per heavy atom. The number of allylic oxidation sites excluding steroid dienone is 1. The molecule has 1 amide bonds. The first kappa shape index (κ1) is 13.7. The van der Waals surface area contributed by atoms with Gasteiger partial charge in [0, 0.05) is 18.7 Å². The highest BCUT2D eigenvalue weighted by molar-refractivity contribution is 5.93. The molecule has 0 unspecified atom stereocenters. The van der Waals surface area contributed by atoms with Crippen LogP contribution in [0.1, 0.15) is 40.0 Å². The van der Waals surface area contributed by atoms with Crippen molar-refractivity contribution in [3.05, 3.63) is 11.6 Å². The molecule has 0 aliphatic carbocycles. The van der Waals surface area contributed by atoms with Crippen LogP contribution in [0.25, 0.3) is 0 Å². The molecule has 17 heavy (non-hydrogen) atoms. The maximum atomic E-state index is 12.0. The van der Waals surface area contributed by atoms with Gasteiger partial charge in [0.2, 0.25) is 5.91 Å². The quantitative estimate of drug-likeness (QED) is 0.767. The van der Waals surface area contributed by atoms with Crippen molar-refractivity contribution in [3.8, 4) is 0 Å². The largest absolute Gasteiger partial charge is 0.481 e. The van der Waals surface area contributed by atoms with Gasteiger partial charge in [0.15, 0.2) is 0 Å². The second-order valence-corrected chi connectivity index (χ2v) is 4.95. The molecule has 1 heterocycles. The van der Waals surface area contributed by atoms with E-state index in [2.05, 4.69) is 0 Å². The second-order valence-electron chi connectivity index (χ2n) is 4.95. The predicted molar refractivity (Wildman–Crippen MR) is 65.6 cm³/mol. The minimum Gasteiger partial charge on any atom is -0.481 e. The Morgan fingerprint density at radius 1 is 1.35 bits per heavy atom. The highest BCUT2D eigenvalue weighted by Crippen LogP contribution is 2.31. The van der Waals surface area contributed by atoms with Crippen LogP contribution in [0, 0.1) is 5.41 Å². The van der Waals surface area contributed by atoms with Crippen molar-refractivity contribution in [2.75, 3.05) is 13.1 Å². The summed E-state index contributed by atoms with van der Waals surface area (Å²) >= 11 is 0. The summed E-state index contributed by atoms with van der Waals surface area (Å²) in [7, 11) is 0. The Balaban J connectivity index is 2.61. The second kappa shape index (κ2) is 5.34. The monoisotopic (exact) mass is 239 g/mol. The molecule has 0 spiro atoms. The molecule has 4 nitrogen and oxygen atoms in total. The van der Waals surface area contributed by atoms with Crippen LogP contribution >= 0.6 is 0 Å². The molecule has 96 valence electrons. The van der Waals surface area contributed by atoms with Gasteiger partial charge in [0.1, 0.15) is 0 Å². The fourth-order valence-electron chi connectivity index (χ4n) is 2.06. The van der Waals surface area contributed by atoms with Crippen molar-refractivity contribution in [3.63, 3.8) is 0 Å². The van der Waals surface area contributed by atoms with Crippen LogP contribution in [0.4, 0.5) is 0 Å². The SMILES string of the molecule is CCC=C(C)C(=O)N1CCC(C)(C(=O)O)CC1. The Hall–Kier alpha value is -1.32. The Bertz CT molecular complexity index is 339. The lowest BCUT2D eigenvalue weighted by Crippen LogP contribution is -2.45. The molecule has 1 N–H and O–H groups in total. The zero-order valence-electron chi connectivity index (χ0n) is 10.8. The van der Waals surface area contributed by atoms with E-state index in [-0.39, 0.29) is 5.91 Å². The van der Waals surface area contributed by atoms with E-state index in [0.29, 0.717) is 25.9 Å². The van der Waals surface area contributed by atoms with E-state index in [1.165, 1.54) is 0 Å². The van der Waals surface area contributed by atoms with E-state index in [4.69, 9.17) is 5.11 Å². The molecule has 4 heteroatoms. The summed E-state index contributed by atoms with van der Waals surface area (Å²) in [5.74, 6) is -0.718. The number of aliphatic carboxylic acids is 1. The number of amides is 1. The van der Waals surface area contributed by atoms with Crippen molar-refractivity contribution in [1.29, 1.82) is 0 Å². The first-order valence-corrected chi connectivity index (χ1v) is 6.10. The third-order valence-corrected chi connectivity index (χ3v) is 3.52. The van der Waals surface area contributed by atoms with Gasteiger partial charge in [-0.25, -0.2) is 0 Å². The minimum absolute atomic E-state index is 0.0410. The van der Waals surface area contributed by atoms with Crippen molar-refractivity contribution in [2.24, 2.45) is 5.41 Å². The average molecular weight is 239 g/mol. The molecule has 0 bridgehead atoms. The summed E-state index contributed by atoms with van der Waals surface area (Å²) in [5, 5.41) is 9.10. The molecule has 1 aliphatic heterocycles. The van der Waals surface area contributed by atoms with Crippen LogP contribution in [-0.4, -0.2) is 35.0 Å². The average Bonchev–Trinajstić information content (AvgIpc) is 2.29. The van der Waals surface area contributed by atoms with Crippen molar-refractivity contribution in [1.82, 2.24) is 4.90 Å². The number of carboxylic acids is 1. The van der Waals surface area contributed by atoms with E-state index >= 15 is 0 Å². The van der Waals surface area contributed by atoms with E-state index in [1.54, 1.807) is 11.8 Å². The summed E-state index contributed by atoms with van der Waals surface area (Å²) < 4.78 is 0. The maximum Gasteiger partial charge on any atom is 0.309 e. The number of nitrogens with zero attached hydrogens (tertiary/aromatic N) is 1. The fourth-order valence-corrected chi connectivity index (χ4v) is 2.06. The van der Waals surface area contributed by atoms with Gasteiger partial charge in [0.05, 0.1) is 5.41 Å². The maximum absolute atomic E-state index is 12.0. The summed E-state index contributed by atoms with van der Waals surface area (Å²) in [6.07, 6.45) is 3.83. The zero-order chi connectivity index (χ0) is 13.1. The predicted octanol–water partition coefficient (Wildman–Crippen LogP) is 2.06. The molecular formula is C13H21NO3. The smallest absolute Gasteiger partial charge is 0.309 e. The van der Waals surface area contributed by atoms with Crippen LogP contribution in [0.15, 0.2) is 11.6 Å². The Morgan fingerprint density at radius 2 is 1.88 bits per heavy atom. The molecule has 0 aromatic rings. The third kappa shape index (κ3) is 3.08. The lowest BCUT2D eigenvalue weighted by atomic mass is 9.80. The molecule has 1 rings (SSSR count). The van der Waals surface area contributed by atoms with Crippen LogP contribution in [0.5, 0.6) is 0 Å². The fraction of sp³-hybridized carbons (Fsp3) is 0.692. The highest BCUT2D eigenvalue weighted by Gasteiger charge is 2.38. The molecule has 1 fully saturated rings. The first-order valence-electron chi connectivity index (χ1n) is 6.10. The number of hydrogen-bond donors (Lipinski definition) is 1. The molecule has 0 aromatic heterocycles. The molecule has 1 aliphatic rings. The van der Waals surface area contributed by atoms with Crippen LogP contribution in [0.2, 0.25) is 0 Å². The number of carboxylic acid groups (broad SMARTS) is 1. The number of likely N-dealkylation sites (tertiary alicyclic amines) is 1. The number of carbonyl (C=O) groups is 2. The first-order chi connectivity index (χ1) is 7.90. The van der Waals surface area contributed by atoms with E-state index in [0.717, 1.165) is 12.0 Å². The van der Waals surface area contributed by atoms with Gasteiger partial charge < -0.3 is 10.0 Å². The van der Waals surface area contributed by atoms with E-state index < -0.39 is 11.4 Å². The zero-order valence-corrected chi connectivity index (χ0v) is 10.8. The van der Waals surface area contributed by atoms with Crippen LogP contribution < -0.4 is 0 Å². The van der Waals surface area contributed by atoms with Crippen LogP contribution in [0.3, 0.4) is 0 Å². The molecule has 0 radical (unpaired) electrons. The Kier molecular flexibility index (Phi) is 4.32. The molecule has 1 saturated heterocycles. The lowest BCUT2D eigenvalue weighted by Gasteiger charge is -2.36. The van der Waals surface area contributed by atoms with Crippen molar-refractivity contribution in [2.45, 2.75) is 40.0 Å². The minimum atomic E-state index is -0.759. The molecule has 0 aromatic carbocycles. The standard InChI is InChI=1S/C13H21NO3/c1-4-5-10(2)11(15)14-8-6-13(3,7-9-14)12(16)17/h5H,4,6-9H2,1-3H3,(H,16,17). The number of rotatable bonds is 3. The lowest BCUT2D eigenvalue weighted by molar-refractivity contribution is -0.152. The van der Waals surface area contributed by atoms with Crippen LogP contribution in [-0.2, 0) is 9.59 Å². The van der Waals surface area contributed by atoms with Gasteiger partial charge >= 0.3 is 5.97 Å². The number of hydrogen-bond acceptors (Lipinski definition) is 2. The van der Waals surface area contributed by atoms with Gasteiger partial charge in [-0.1, -0.05) is 13.0 Å². The highest BCUT2D eigenvalue weighted by atomic mass is 16.4. The summed E-state index contributed by atoms with van der Waals surface area (Å²) in [4.78, 5) is 24.8. The van der Waals surface area contributed by atoms with Gasteiger partial charge in [-0.15, -0.1) is 0 Å². The summed E-state index contributed by atoms with van der Waals surface area (Å²) in [6, 6.07) is 0. The van der Waals surface area contributed by atoms with Gasteiger partial charge in [-0.3, -0.25) is 9.59 Å².